The van der Waals surface area contributed by atoms with E-state index in [2.05, 4.69) is 15.0 Å². The highest BCUT2D eigenvalue weighted by molar-refractivity contribution is 7.93. The fourth-order valence-electron chi connectivity index (χ4n) is 2.84. The fraction of sp³-hybridized carbons (Fsp3) is 0.0526. The first kappa shape index (κ1) is 19.4. The smallest absolute Gasteiger partial charge is 0.263 e. The maximum Gasteiger partial charge on any atom is 0.263 e. The lowest BCUT2D eigenvalue weighted by Crippen LogP contribution is -2.18. The number of halogens is 1. The van der Waals surface area contributed by atoms with Gasteiger partial charge in [0.1, 0.15) is 6.54 Å². The molecule has 0 bridgehead atoms. The number of rotatable bonds is 6. The summed E-state index contributed by atoms with van der Waals surface area (Å²) in [5.41, 5.74) is 1.36. The van der Waals surface area contributed by atoms with Gasteiger partial charge in [0.25, 0.3) is 10.0 Å². The van der Waals surface area contributed by atoms with Crippen LogP contribution in [0, 0.1) is 0 Å². The van der Waals surface area contributed by atoms with Gasteiger partial charge in [0.05, 0.1) is 4.90 Å². The first-order valence-electron chi connectivity index (χ1n) is 8.48. The number of carbonyl (C=O) groups excluding carboxylic acids is 1. The molecule has 148 valence electrons. The summed E-state index contributed by atoms with van der Waals surface area (Å²) in [5, 5.41) is 6.25. The first-order valence-corrected chi connectivity index (χ1v) is 11.2. The summed E-state index contributed by atoms with van der Waals surface area (Å²) >= 11 is 7.35. The molecule has 0 aliphatic heterocycles. The van der Waals surface area contributed by atoms with Gasteiger partial charge in [-0.3, -0.25) is 9.52 Å². The zero-order chi connectivity index (χ0) is 20.4. The summed E-state index contributed by atoms with van der Waals surface area (Å²) in [4.78, 5) is 16.4. The van der Waals surface area contributed by atoms with Crippen molar-refractivity contribution in [3.8, 4) is 0 Å². The lowest BCUT2D eigenvalue weighted by Gasteiger charge is -2.09. The number of hydrogen-bond donors (Lipinski definition) is 2. The molecule has 1 amide bonds. The Bertz CT molecular complexity index is 1270. The molecule has 0 radical (unpaired) electrons. The SMILES string of the molecule is O=C(Cn1ccc2c(Cl)cccc21)Nc1ccc(S(=O)(=O)Nc2nccs2)cc1. The van der Waals surface area contributed by atoms with E-state index in [-0.39, 0.29) is 17.3 Å². The first-order chi connectivity index (χ1) is 13.9. The molecule has 0 aliphatic carbocycles. The van der Waals surface area contributed by atoms with Crippen LogP contribution in [0.2, 0.25) is 5.02 Å². The second-order valence-electron chi connectivity index (χ2n) is 6.13. The molecule has 2 aromatic carbocycles. The van der Waals surface area contributed by atoms with E-state index in [0.29, 0.717) is 15.8 Å². The molecule has 2 aromatic heterocycles. The van der Waals surface area contributed by atoms with Crippen LogP contribution in [-0.2, 0) is 21.4 Å². The van der Waals surface area contributed by atoms with Crippen molar-refractivity contribution < 1.29 is 13.2 Å². The summed E-state index contributed by atoms with van der Waals surface area (Å²) in [5.74, 6) is -0.237. The normalized spacial score (nSPS) is 11.5. The predicted octanol–water partition coefficient (Wildman–Crippen LogP) is 4.19. The molecule has 0 saturated carbocycles. The van der Waals surface area contributed by atoms with E-state index in [9.17, 15) is 13.2 Å². The number of nitrogens with one attached hydrogen (secondary N) is 2. The topological polar surface area (TPSA) is 93.1 Å². The van der Waals surface area contributed by atoms with Crippen LogP contribution in [-0.4, -0.2) is 23.9 Å². The number of amides is 1. The summed E-state index contributed by atoms with van der Waals surface area (Å²) in [6.45, 7) is 0.107. The third-order valence-corrected chi connectivity index (χ3v) is 6.68. The van der Waals surface area contributed by atoms with Gasteiger partial charge >= 0.3 is 0 Å². The number of anilines is 2. The monoisotopic (exact) mass is 446 g/mol. The van der Waals surface area contributed by atoms with Gasteiger partial charge < -0.3 is 9.88 Å². The predicted molar refractivity (Wildman–Crippen MR) is 115 cm³/mol. The van der Waals surface area contributed by atoms with Crippen molar-refractivity contribution in [3.63, 3.8) is 0 Å². The van der Waals surface area contributed by atoms with E-state index >= 15 is 0 Å². The third-order valence-electron chi connectivity index (χ3n) is 4.18. The summed E-state index contributed by atoms with van der Waals surface area (Å²) in [7, 11) is -3.73. The van der Waals surface area contributed by atoms with E-state index in [0.717, 1.165) is 10.9 Å². The number of thiazole rings is 1. The Morgan fingerprint density at radius 3 is 2.66 bits per heavy atom. The Morgan fingerprint density at radius 2 is 1.93 bits per heavy atom. The maximum atomic E-state index is 12.4. The largest absolute Gasteiger partial charge is 0.338 e. The number of nitrogens with zero attached hydrogens (tertiary/aromatic N) is 2. The minimum absolute atomic E-state index is 0.0803. The Morgan fingerprint density at radius 1 is 1.14 bits per heavy atom. The summed E-state index contributed by atoms with van der Waals surface area (Å²) < 4.78 is 28.9. The molecule has 0 saturated heterocycles. The average Bonchev–Trinajstić information content (AvgIpc) is 3.33. The molecule has 29 heavy (non-hydrogen) atoms. The van der Waals surface area contributed by atoms with E-state index in [4.69, 9.17) is 11.6 Å². The third kappa shape index (κ3) is 4.26. The lowest BCUT2D eigenvalue weighted by molar-refractivity contribution is -0.116. The van der Waals surface area contributed by atoms with Crippen LogP contribution >= 0.6 is 22.9 Å². The highest BCUT2D eigenvalue weighted by Crippen LogP contribution is 2.24. The van der Waals surface area contributed by atoms with Crippen molar-refractivity contribution in [1.82, 2.24) is 9.55 Å². The molecule has 7 nitrogen and oxygen atoms in total. The second kappa shape index (κ2) is 7.86. The minimum Gasteiger partial charge on any atom is -0.338 e. The fourth-order valence-corrected chi connectivity index (χ4v) is 4.87. The number of hydrogen-bond acceptors (Lipinski definition) is 5. The standard InChI is InChI=1S/C19H15ClN4O3S2/c20-16-2-1-3-17-15(16)8-10-24(17)12-18(25)22-13-4-6-14(7-5-13)29(26,27)23-19-21-9-11-28-19/h1-11H,12H2,(H,21,23)(H,22,25). The van der Waals surface area contributed by atoms with Gasteiger partial charge in [-0.15, -0.1) is 11.3 Å². The van der Waals surface area contributed by atoms with Crippen LogP contribution in [0.3, 0.4) is 0 Å². The van der Waals surface area contributed by atoms with E-state index in [1.807, 2.05) is 18.2 Å². The van der Waals surface area contributed by atoms with Crippen LogP contribution in [0.4, 0.5) is 10.8 Å². The molecule has 2 N–H and O–H groups in total. The van der Waals surface area contributed by atoms with Gasteiger partial charge in [0.2, 0.25) is 5.91 Å². The number of sulfonamides is 1. The van der Waals surface area contributed by atoms with Gasteiger partial charge in [0.15, 0.2) is 5.13 Å². The van der Waals surface area contributed by atoms with E-state index < -0.39 is 10.0 Å². The van der Waals surface area contributed by atoms with Crippen LogP contribution < -0.4 is 10.0 Å². The zero-order valence-electron chi connectivity index (χ0n) is 14.9. The van der Waals surface area contributed by atoms with Crippen molar-refractivity contribution in [1.29, 1.82) is 0 Å². The molecule has 4 aromatic rings. The zero-order valence-corrected chi connectivity index (χ0v) is 17.3. The van der Waals surface area contributed by atoms with Crippen LogP contribution in [0.15, 0.2) is 71.2 Å². The molecule has 0 aliphatic rings. The van der Waals surface area contributed by atoms with E-state index in [1.54, 1.807) is 34.3 Å². The number of benzene rings is 2. The molecule has 10 heteroatoms. The Hall–Kier alpha value is -2.88. The molecular formula is C19H15ClN4O3S2. The van der Waals surface area contributed by atoms with Gasteiger partial charge in [-0.25, -0.2) is 13.4 Å². The van der Waals surface area contributed by atoms with Crippen LogP contribution in [0.1, 0.15) is 0 Å². The maximum absolute atomic E-state index is 12.4. The Labute approximate surface area is 176 Å². The van der Waals surface area contributed by atoms with Gasteiger partial charge in [-0.1, -0.05) is 17.7 Å². The van der Waals surface area contributed by atoms with Crippen LogP contribution in [0.25, 0.3) is 10.9 Å². The molecule has 0 spiro atoms. The average molecular weight is 447 g/mol. The van der Waals surface area contributed by atoms with Gasteiger partial charge in [-0.2, -0.15) is 0 Å². The molecule has 0 atom stereocenters. The molecular weight excluding hydrogens is 432 g/mol. The van der Waals surface area contributed by atoms with Gasteiger partial charge in [-0.05, 0) is 42.5 Å². The van der Waals surface area contributed by atoms with Gasteiger partial charge in [0, 0.05) is 39.4 Å². The van der Waals surface area contributed by atoms with Crippen molar-refractivity contribution in [3.05, 3.63) is 71.3 Å². The summed E-state index contributed by atoms with van der Waals surface area (Å²) in [6.07, 6.45) is 3.32. The minimum atomic E-state index is -3.73. The number of fused-ring (bicyclic) bond motifs is 1. The van der Waals surface area contributed by atoms with Crippen molar-refractivity contribution in [2.24, 2.45) is 0 Å². The summed E-state index contributed by atoms with van der Waals surface area (Å²) in [6, 6.07) is 13.3. The van der Waals surface area contributed by atoms with E-state index in [1.165, 1.54) is 29.7 Å². The van der Waals surface area contributed by atoms with Crippen LogP contribution in [0.5, 0.6) is 0 Å². The second-order valence-corrected chi connectivity index (χ2v) is 9.12. The molecule has 0 unspecified atom stereocenters. The lowest BCUT2D eigenvalue weighted by atomic mass is 10.2. The molecule has 0 fully saturated rings. The number of carbonyl (C=O) groups is 1. The highest BCUT2D eigenvalue weighted by Gasteiger charge is 2.15. The molecule has 2 heterocycles. The van der Waals surface area contributed by atoms with Crippen molar-refractivity contribution in [2.75, 3.05) is 10.0 Å². The quantitative estimate of drug-likeness (QED) is 0.464. The highest BCUT2D eigenvalue weighted by atomic mass is 35.5. The van der Waals surface area contributed by atoms with Crippen molar-refractivity contribution >= 4 is 60.6 Å². The molecule has 4 rings (SSSR count). The Balaban J connectivity index is 1.44. The number of aromatic nitrogens is 2. The Kier molecular flexibility index (Phi) is 5.27. The van der Waals surface area contributed by atoms with Crippen molar-refractivity contribution in [2.45, 2.75) is 11.4 Å².